The lowest BCUT2D eigenvalue weighted by molar-refractivity contribution is -0.142. The fraction of sp³-hybridized carbons (Fsp3) is 0.174. The van der Waals surface area contributed by atoms with E-state index >= 15 is 0 Å². The van der Waals surface area contributed by atoms with Crippen molar-refractivity contribution in [1.29, 1.82) is 0 Å². The van der Waals surface area contributed by atoms with Crippen molar-refractivity contribution in [3.8, 4) is 0 Å². The van der Waals surface area contributed by atoms with Crippen LogP contribution in [0.15, 0.2) is 83.6 Å². The third-order valence-electron chi connectivity index (χ3n) is 5.02. The minimum absolute atomic E-state index is 0.120. The van der Waals surface area contributed by atoms with E-state index in [1.165, 1.54) is 0 Å². The number of rotatable bonds is 7. The van der Waals surface area contributed by atoms with Gasteiger partial charge in [-0.05, 0) is 45.6 Å². The van der Waals surface area contributed by atoms with Crippen molar-refractivity contribution in [1.82, 2.24) is 10.3 Å². The molecule has 6 heteroatoms. The average Bonchev–Trinajstić information content (AvgIpc) is 2.75. The van der Waals surface area contributed by atoms with E-state index in [-0.39, 0.29) is 12.3 Å². The number of aliphatic carboxylic acids is 1. The van der Waals surface area contributed by atoms with Crippen molar-refractivity contribution in [2.45, 2.75) is 24.8 Å². The molecule has 0 radical (unpaired) electrons. The number of amides is 1. The van der Waals surface area contributed by atoms with Gasteiger partial charge < -0.3 is 10.4 Å². The smallest absolute Gasteiger partial charge is 0.326 e. The third-order valence-corrected chi connectivity index (χ3v) is 5.73. The fourth-order valence-electron chi connectivity index (χ4n) is 3.27. The first-order valence-corrected chi connectivity index (χ1v) is 9.96. The second kappa shape index (κ2) is 9.01. The molecule has 0 bridgehead atoms. The number of nitrogens with one attached hydrogen (secondary N) is 1. The number of hydrogen-bond donors (Lipinski definition) is 2. The zero-order valence-electron chi connectivity index (χ0n) is 15.9. The minimum atomic E-state index is -1.10. The van der Waals surface area contributed by atoms with Crippen LogP contribution in [0.3, 0.4) is 0 Å². The number of aromatic nitrogens is 1. The van der Waals surface area contributed by atoms with Crippen molar-refractivity contribution in [3.63, 3.8) is 0 Å². The Kier molecular flexibility index (Phi) is 6.44. The highest BCUT2D eigenvalue weighted by molar-refractivity contribution is 9.10. The highest BCUT2D eigenvalue weighted by Gasteiger charge is 2.39. The van der Waals surface area contributed by atoms with E-state index in [0.717, 1.165) is 11.1 Å². The molecule has 5 nitrogen and oxygen atoms in total. The van der Waals surface area contributed by atoms with Gasteiger partial charge in [-0.15, -0.1) is 0 Å². The second-order valence-electron chi connectivity index (χ2n) is 6.88. The van der Waals surface area contributed by atoms with Crippen LogP contribution in [-0.4, -0.2) is 28.0 Å². The van der Waals surface area contributed by atoms with Gasteiger partial charge in [0.15, 0.2) is 0 Å². The maximum absolute atomic E-state index is 13.5. The van der Waals surface area contributed by atoms with Gasteiger partial charge in [0.2, 0.25) is 5.91 Å². The summed E-state index contributed by atoms with van der Waals surface area (Å²) < 4.78 is 0.564. The Morgan fingerprint density at radius 3 is 2.03 bits per heavy atom. The number of carbonyl (C=O) groups is 2. The predicted molar refractivity (Wildman–Crippen MR) is 115 cm³/mol. The molecule has 0 aliphatic heterocycles. The van der Waals surface area contributed by atoms with E-state index in [0.29, 0.717) is 10.2 Å². The molecule has 1 amide bonds. The first-order valence-electron chi connectivity index (χ1n) is 9.17. The van der Waals surface area contributed by atoms with Gasteiger partial charge in [0, 0.05) is 12.6 Å². The summed E-state index contributed by atoms with van der Waals surface area (Å²) in [5.41, 5.74) is 1.25. The van der Waals surface area contributed by atoms with Gasteiger partial charge >= 0.3 is 5.97 Å². The molecular formula is C23H21BrN2O3. The van der Waals surface area contributed by atoms with Crippen LogP contribution in [0.25, 0.3) is 0 Å². The number of carboxylic acid groups (broad SMARTS) is 1. The number of pyridine rings is 1. The molecular weight excluding hydrogens is 432 g/mol. The number of nitrogens with zero attached hydrogens (tertiary/aromatic N) is 1. The van der Waals surface area contributed by atoms with Crippen molar-refractivity contribution >= 4 is 27.8 Å². The molecule has 0 unspecified atom stereocenters. The molecule has 0 fully saturated rings. The zero-order valence-corrected chi connectivity index (χ0v) is 17.5. The maximum atomic E-state index is 13.5. The van der Waals surface area contributed by atoms with Gasteiger partial charge in [0.25, 0.3) is 0 Å². The molecule has 0 aliphatic carbocycles. The monoisotopic (exact) mass is 452 g/mol. The fourth-order valence-corrected chi connectivity index (χ4v) is 3.68. The van der Waals surface area contributed by atoms with E-state index in [4.69, 9.17) is 0 Å². The van der Waals surface area contributed by atoms with Crippen molar-refractivity contribution in [3.05, 3.63) is 100 Å². The summed E-state index contributed by atoms with van der Waals surface area (Å²) in [5.74, 6) is -1.47. The van der Waals surface area contributed by atoms with Gasteiger partial charge in [0.05, 0.1) is 5.41 Å². The Morgan fingerprint density at radius 2 is 1.55 bits per heavy atom. The highest BCUT2D eigenvalue weighted by Crippen LogP contribution is 2.32. The topological polar surface area (TPSA) is 79.3 Å². The van der Waals surface area contributed by atoms with Crippen LogP contribution >= 0.6 is 15.9 Å². The second-order valence-corrected chi connectivity index (χ2v) is 7.63. The van der Waals surface area contributed by atoms with Gasteiger partial charge in [-0.25, -0.2) is 9.78 Å². The van der Waals surface area contributed by atoms with Crippen molar-refractivity contribution in [2.24, 2.45) is 0 Å². The van der Waals surface area contributed by atoms with E-state index < -0.39 is 17.4 Å². The quantitative estimate of drug-likeness (QED) is 0.531. The van der Waals surface area contributed by atoms with Crippen LogP contribution in [0.1, 0.15) is 23.6 Å². The number of carboxylic acids is 1. The third kappa shape index (κ3) is 4.54. The molecule has 3 aromatic rings. The van der Waals surface area contributed by atoms with Crippen LogP contribution < -0.4 is 5.32 Å². The summed E-state index contributed by atoms with van der Waals surface area (Å²) in [6, 6.07) is 21.2. The van der Waals surface area contributed by atoms with Crippen LogP contribution in [0.5, 0.6) is 0 Å². The number of carbonyl (C=O) groups excluding carboxylic acids is 1. The molecule has 2 aromatic carbocycles. The van der Waals surface area contributed by atoms with Gasteiger partial charge in [-0.2, -0.15) is 0 Å². The van der Waals surface area contributed by atoms with E-state index in [9.17, 15) is 14.7 Å². The number of hydrogen-bond acceptors (Lipinski definition) is 3. The van der Waals surface area contributed by atoms with Gasteiger partial charge in [-0.1, -0.05) is 66.7 Å². The molecule has 1 atom stereocenters. The van der Waals surface area contributed by atoms with Gasteiger partial charge in [-0.3, -0.25) is 4.79 Å². The molecule has 3 rings (SSSR count). The van der Waals surface area contributed by atoms with Crippen molar-refractivity contribution < 1.29 is 14.7 Å². The van der Waals surface area contributed by atoms with Crippen LogP contribution in [-0.2, 0) is 21.4 Å². The van der Waals surface area contributed by atoms with Crippen molar-refractivity contribution in [2.75, 3.05) is 0 Å². The first kappa shape index (κ1) is 20.7. The molecule has 0 saturated heterocycles. The maximum Gasteiger partial charge on any atom is 0.326 e. The summed E-state index contributed by atoms with van der Waals surface area (Å²) in [7, 11) is 0. The van der Waals surface area contributed by atoms with Crippen LogP contribution in [0.4, 0.5) is 0 Å². The minimum Gasteiger partial charge on any atom is -0.480 e. The molecule has 0 saturated carbocycles. The molecule has 0 spiro atoms. The average molecular weight is 453 g/mol. The van der Waals surface area contributed by atoms with Crippen LogP contribution in [0.2, 0.25) is 0 Å². The molecule has 1 aromatic heterocycles. The molecule has 2 N–H and O–H groups in total. The lowest BCUT2D eigenvalue weighted by Crippen LogP contribution is -2.50. The Labute approximate surface area is 177 Å². The van der Waals surface area contributed by atoms with Gasteiger partial charge in [0.1, 0.15) is 10.6 Å². The lowest BCUT2D eigenvalue weighted by Gasteiger charge is -2.31. The van der Waals surface area contributed by atoms with E-state index in [2.05, 4.69) is 26.2 Å². The standard InChI is InChI=1S/C23H21BrN2O3/c1-23(17-10-4-2-5-11-17,18-12-6-3-7-13-18)22(29)26-19(21(27)28)15-16-9-8-14-25-20(16)24/h2-14,19H,15H2,1H3,(H,26,29)(H,27,28)/t19-/m1/s1. The normalized spacial score (nSPS) is 12.2. The molecule has 1 heterocycles. The summed E-state index contributed by atoms with van der Waals surface area (Å²) in [6.07, 6.45) is 1.74. The highest BCUT2D eigenvalue weighted by atomic mass is 79.9. The number of halogens is 1. The summed E-state index contributed by atoms with van der Waals surface area (Å²) in [5, 5.41) is 12.5. The summed E-state index contributed by atoms with van der Waals surface area (Å²) in [4.78, 5) is 29.5. The Balaban J connectivity index is 1.95. The molecule has 148 valence electrons. The Morgan fingerprint density at radius 1 is 1.00 bits per heavy atom. The van der Waals surface area contributed by atoms with Crippen LogP contribution in [0, 0.1) is 0 Å². The summed E-state index contributed by atoms with van der Waals surface area (Å²) in [6.45, 7) is 1.81. The van der Waals surface area contributed by atoms with E-state index in [1.807, 2.05) is 67.6 Å². The molecule has 29 heavy (non-hydrogen) atoms. The lowest BCUT2D eigenvalue weighted by atomic mass is 9.75. The zero-order chi connectivity index (χ0) is 20.9. The molecule has 0 aliphatic rings. The predicted octanol–water partition coefficient (Wildman–Crippen LogP) is 3.96. The SMILES string of the molecule is CC(C(=O)N[C@H](Cc1cccnc1Br)C(=O)O)(c1ccccc1)c1ccccc1. The van der Waals surface area contributed by atoms with E-state index in [1.54, 1.807) is 18.3 Å². The largest absolute Gasteiger partial charge is 0.480 e. The summed E-state index contributed by atoms with van der Waals surface area (Å²) >= 11 is 3.34. The number of benzene rings is 2. The Hall–Kier alpha value is -2.99. The Bertz CT molecular complexity index is 954. The first-order chi connectivity index (χ1) is 13.9.